The fourth-order valence-corrected chi connectivity index (χ4v) is 4.70. The van der Waals surface area contributed by atoms with Crippen LogP contribution in [0.1, 0.15) is 43.5 Å². The lowest BCUT2D eigenvalue weighted by Crippen LogP contribution is -2.43. The van der Waals surface area contributed by atoms with E-state index in [4.69, 9.17) is 4.99 Å². The van der Waals surface area contributed by atoms with Crippen molar-refractivity contribution in [1.29, 1.82) is 0 Å². The van der Waals surface area contributed by atoms with Crippen molar-refractivity contribution in [3.63, 3.8) is 0 Å². The maximum atomic E-state index is 4.99. The molecule has 23 heavy (non-hydrogen) atoms. The average Bonchev–Trinajstić information content (AvgIpc) is 3.15. The molecule has 1 aromatic rings. The summed E-state index contributed by atoms with van der Waals surface area (Å²) in [6, 6.07) is 4.72. The number of likely N-dealkylation sites (N-methyl/N-ethyl adjacent to an activating group) is 1. The van der Waals surface area contributed by atoms with Gasteiger partial charge in [-0.2, -0.15) is 0 Å². The van der Waals surface area contributed by atoms with Crippen molar-refractivity contribution >= 4 is 17.3 Å². The van der Waals surface area contributed by atoms with Gasteiger partial charge < -0.3 is 15.1 Å². The number of aliphatic imine (C=N–C) groups is 1. The van der Waals surface area contributed by atoms with Gasteiger partial charge in [0.1, 0.15) is 0 Å². The zero-order chi connectivity index (χ0) is 16.3. The maximum Gasteiger partial charge on any atom is 0.194 e. The largest absolute Gasteiger partial charge is 0.357 e. The lowest BCUT2D eigenvalue weighted by molar-refractivity contribution is 0.151. The summed E-state index contributed by atoms with van der Waals surface area (Å²) in [5.74, 6) is 1.11. The molecule has 0 amide bonds. The quantitative estimate of drug-likeness (QED) is 0.663. The van der Waals surface area contributed by atoms with E-state index in [2.05, 4.69) is 53.6 Å². The van der Waals surface area contributed by atoms with Crippen LogP contribution in [0.2, 0.25) is 0 Å². The molecule has 2 heterocycles. The third kappa shape index (κ3) is 3.72. The van der Waals surface area contributed by atoms with Crippen molar-refractivity contribution in [3.05, 3.63) is 22.4 Å². The first-order valence-corrected chi connectivity index (χ1v) is 9.75. The molecule has 5 heteroatoms. The van der Waals surface area contributed by atoms with E-state index in [0.717, 1.165) is 25.6 Å². The summed E-state index contributed by atoms with van der Waals surface area (Å²) in [4.78, 5) is 11.2. The van der Waals surface area contributed by atoms with E-state index in [9.17, 15) is 0 Å². The predicted molar refractivity (Wildman–Crippen MR) is 99.2 cm³/mol. The Morgan fingerprint density at radius 1 is 1.43 bits per heavy atom. The van der Waals surface area contributed by atoms with E-state index in [1.807, 2.05) is 11.3 Å². The van der Waals surface area contributed by atoms with Crippen LogP contribution >= 0.6 is 11.3 Å². The van der Waals surface area contributed by atoms with Crippen LogP contribution in [0.4, 0.5) is 0 Å². The summed E-state index contributed by atoms with van der Waals surface area (Å²) < 4.78 is 0. The molecule has 1 unspecified atom stereocenters. The Morgan fingerprint density at radius 2 is 2.26 bits per heavy atom. The molecule has 0 radical (unpaired) electrons. The monoisotopic (exact) mass is 334 g/mol. The minimum absolute atomic E-state index is 0.365. The highest BCUT2D eigenvalue weighted by Gasteiger charge is 2.43. The van der Waals surface area contributed by atoms with Crippen LogP contribution in [-0.2, 0) is 0 Å². The summed E-state index contributed by atoms with van der Waals surface area (Å²) >= 11 is 1.82. The molecule has 4 nitrogen and oxygen atoms in total. The van der Waals surface area contributed by atoms with Gasteiger partial charge >= 0.3 is 0 Å². The van der Waals surface area contributed by atoms with Crippen molar-refractivity contribution in [2.75, 3.05) is 40.3 Å². The van der Waals surface area contributed by atoms with Crippen LogP contribution in [-0.4, -0.2) is 56.0 Å². The van der Waals surface area contributed by atoms with Gasteiger partial charge in [-0.1, -0.05) is 12.5 Å². The van der Waals surface area contributed by atoms with Gasteiger partial charge in [-0.3, -0.25) is 4.99 Å². The van der Waals surface area contributed by atoms with Crippen LogP contribution in [0.3, 0.4) is 0 Å². The van der Waals surface area contributed by atoms with E-state index in [0.29, 0.717) is 11.5 Å². The SMILES string of the molecule is CCNC(=NCC(c1cccs1)N(C)C)N1CCC2(CCC2)C1. The fraction of sp³-hybridized carbons (Fsp3) is 0.722. The Kier molecular flexibility index (Phi) is 5.27. The number of rotatable bonds is 5. The van der Waals surface area contributed by atoms with Crippen molar-refractivity contribution in [2.45, 2.75) is 38.6 Å². The molecule has 2 fully saturated rings. The second-order valence-corrected chi connectivity index (χ2v) is 8.19. The lowest BCUT2D eigenvalue weighted by atomic mass is 9.68. The molecule has 1 atom stereocenters. The topological polar surface area (TPSA) is 30.9 Å². The molecule has 3 rings (SSSR count). The molecular weight excluding hydrogens is 304 g/mol. The zero-order valence-electron chi connectivity index (χ0n) is 14.7. The third-order valence-electron chi connectivity index (χ3n) is 5.40. The first-order valence-electron chi connectivity index (χ1n) is 8.87. The Labute approximate surface area is 144 Å². The predicted octanol–water partition coefficient (Wildman–Crippen LogP) is 3.19. The van der Waals surface area contributed by atoms with Gasteiger partial charge in [-0.05, 0) is 57.1 Å². The van der Waals surface area contributed by atoms with Crippen LogP contribution in [0, 0.1) is 5.41 Å². The number of guanidine groups is 1. The molecule has 1 aromatic heterocycles. The highest BCUT2D eigenvalue weighted by atomic mass is 32.1. The summed E-state index contributed by atoms with van der Waals surface area (Å²) in [7, 11) is 4.29. The van der Waals surface area contributed by atoms with E-state index in [1.54, 1.807) is 0 Å². The van der Waals surface area contributed by atoms with Gasteiger partial charge in [0.15, 0.2) is 5.96 Å². The van der Waals surface area contributed by atoms with Crippen molar-refractivity contribution < 1.29 is 0 Å². The highest BCUT2D eigenvalue weighted by Crippen LogP contribution is 2.47. The van der Waals surface area contributed by atoms with E-state index >= 15 is 0 Å². The zero-order valence-corrected chi connectivity index (χ0v) is 15.5. The lowest BCUT2D eigenvalue weighted by Gasteiger charge is -2.38. The van der Waals surface area contributed by atoms with Gasteiger partial charge in [0, 0.05) is 24.5 Å². The molecule has 0 bridgehead atoms. The van der Waals surface area contributed by atoms with E-state index in [1.165, 1.54) is 37.1 Å². The summed E-state index contributed by atoms with van der Waals surface area (Å²) in [5, 5.41) is 5.67. The number of nitrogens with one attached hydrogen (secondary N) is 1. The maximum absolute atomic E-state index is 4.99. The Morgan fingerprint density at radius 3 is 2.78 bits per heavy atom. The standard InChI is InChI=1S/C18H30N4S/c1-4-19-17(22-11-10-18(14-22)8-6-9-18)20-13-15(21(2)3)16-7-5-12-23-16/h5,7,12,15H,4,6,8-11,13-14H2,1-3H3,(H,19,20). The Balaban J connectivity index is 1.68. The third-order valence-corrected chi connectivity index (χ3v) is 6.37. The first-order chi connectivity index (χ1) is 11.1. The van der Waals surface area contributed by atoms with E-state index in [-0.39, 0.29) is 0 Å². The molecule has 1 aliphatic carbocycles. The minimum Gasteiger partial charge on any atom is -0.357 e. The molecule has 0 aromatic carbocycles. The normalized spacial score (nSPS) is 21.7. The summed E-state index contributed by atoms with van der Waals surface area (Å²) in [6.07, 6.45) is 5.60. The number of hydrogen-bond acceptors (Lipinski definition) is 3. The second kappa shape index (κ2) is 7.22. The number of thiophene rings is 1. The summed E-state index contributed by atoms with van der Waals surface area (Å²) in [6.45, 7) is 6.28. The Bertz CT molecular complexity index is 519. The average molecular weight is 335 g/mol. The van der Waals surface area contributed by atoms with Crippen molar-refractivity contribution in [2.24, 2.45) is 10.4 Å². The van der Waals surface area contributed by atoms with Crippen LogP contribution in [0.15, 0.2) is 22.5 Å². The van der Waals surface area contributed by atoms with Crippen molar-refractivity contribution in [3.8, 4) is 0 Å². The van der Waals surface area contributed by atoms with E-state index < -0.39 is 0 Å². The molecule has 2 aliphatic rings. The molecule has 1 N–H and O–H groups in total. The molecule has 1 aliphatic heterocycles. The van der Waals surface area contributed by atoms with Gasteiger partial charge in [0.2, 0.25) is 0 Å². The fourth-order valence-electron chi connectivity index (χ4n) is 3.79. The number of nitrogens with zero attached hydrogens (tertiary/aromatic N) is 3. The van der Waals surface area contributed by atoms with Crippen molar-refractivity contribution in [1.82, 2.24) is 15.1 Å². The van der Waals surface area contributed by atoms with Gasteiger partial charge in [-0.25, -0.2) is 0 Å². The molecule has 128 valence electrons. The molecule has 1 saturated carbocycles. The minimum atomic E-state index is 0.365. The van der Waals surface area contributed by atoms with Gasteiger partial charge in [0.25, 0.3) is 0 Å². The molecule has 1 saturated heterocycles. The van der Waals surface area contributed by atoms with Crippen LogP contribution in [0.5, 0.6) is 0 Å². The summed E-state index contributed by atoms with van der Waals surface area (Å²) in [5.41, 5.74) is 0.616. The smallest absolute Gasteiger partial charge is 0.194 e. The molecular formula is C18H30N4S. The first kappa shape index (κ1) is 16.8. The highest BCUT2D eigenvalue weighted by molar-refractivity contribution is 7.10. The van der Waals surface area contributed by atoms with Gasteiger partial charge in [-0.15, -0.1) is 11.3 Å². The Hall–Kier alpha value is -1.07. The number of hydrogen-bond donors (Lipinski definition) is 1. The van der Waals surface area contributed by atoms with Crippen LogP contribution < -0.4 is 5.32 Å². The van der Waals surface area contributed by atoms with Gasteiger partial charge in [0.05, 0.1) is 12.6 Å². The second-order valence-electron chi connectivity index (χ2n) is 7.21. The molecule has 1 spiro atoms. The van der Waals surface area contributed by atoms with Crippen LogP contribution in [0.25, 0.3) is 0 Å². The number of likely N-dealkylation sites (tertiary alicyclic amines) is 1.